The highest BCUT2D eigenvalue weighted by Gasteiger charge is 2.04. The Morgan fingerprint density at radius 2 is 1.67 bits per heavy atom. The summed E-state index contributed by atoms with van der Waals surface area (Å²) in [5.74, 6) is -0.0384. The second kappa shape index (κ2) is 7.81. The Morgan fingerprint density at radius 1 is 1.00 bits per heavy atom. The lowest BCUT2D eigenvalue weighted by atomic mass is 10.1. The fourth-order valence-electron chi connectivity index (χ4n) is 2.02. The molecular weight excluding hydrogens is 284 g/mol. The summed E-state index contributed by atoms with van der Waals surface area (Å²) in [6.45, 7) is 3.49. The van der Waals surface area contributed by atoms with Gasteiger partial charge < -0.3 is 10.6 Å². The van der Waals surface area contributed by atoms with Crippen LogP contribution in [-0.4, -0.2) is 12.5 Å². The molecule has 0 spiro atoms. The summed E-state index contributed by atoms with van der Waals surface area (Å²) in [5.41, 5.74) is 3.35. The van der Waals surface area contributed by atoms with Crippen molar-refractivity contribution in [3.63, 3.8) is 0 Å². The molecule has 0 fully saturated rings. The quantitative estimate of drug-likeness (QED) is 0.861. The first kappa shape index (κ1) is 15.5. The van der Waals surface area contributed by atoms with E-state index in [1.54, 1.807) is 0 Å². The second-order valence-electron chi connectivity index (χ2n) is 4.90. The first-order valence-electron chi connectivity index (χ1n) is 6.92. The molecule has 0 aliphatic heterocycles. The molecule has 0 saturated heterocycles. The number of hydrogen-bond acceptors (Lipinski definition) is 2. The molecule has 0 bridgehead atoms. The minimum absolute atomic E-state index is 0.0384. The molecule has 0 saturated carbocycles. The van der Waals surface area contributed by atoms with E-state index in [9.17, 15) is 4.79 Å². The van der Waals surface area contributed by atoms with E-state index in [2.05, 4.69) is 29.7 Å². The number of benzene rings is 2. The third-order valence-electron chi connectivity index (χ3n) is 3.30. The number of carbonyl (C=O) groups is 1. The van der Waals surface area contributed by atoms with Crippen molar-refractivity contribution in [2.45, 2.75) is 20.0 Å². The summed E-state index contributed by atoms with van der Waals surface area (Å²) < 4.78 is 0. The molecule has 2 aromatic carbocycles. The average Bonchev–Trinajstić information content (AvgIpc) is 2.48. The number of hydrogen-bond donors (Lipinski definition) is 2. The lowest BCUT2D eigenvalue weighted by molar-refractivity contribution is -0.120. The minimum atomic E-state index is -0.0384. The van der Waals surface area contributed by atoms with Crippen LogP contribution in [-0.2, 0) is 17.9 Å². The van der Waals surface area contributed by atoms with Crippen molar-refractivity contribution in [2.24, 2.45) is 0 Å². The van der Waals surface area contributed by atoms with E-state index in [-0.39, 0.29) is 5.91 Å². The van der Waals surface area contributed by atoms with Crippen LogP contribution in [0.3, 0.4) is 0 Å². The maximum atomic E-state index is 11.8. The summed E-state index contributed by atoms with van der Waals surface area (Å²) in [6.07, 6.45) is 0. The predicted octanol–water partition coefficient (Wildman–Crippen LogP) is 3.05. The maximum absolute atomic E-state index is 11.8. The van der Waals surface area contributed by atoms with Crippen molar-refractivity contribution in [1.82, 2.24) is 10.6 Å². The Hall–Kier alpha value is -1.84. The van der Waals surface area contributed by atoms with Crippen LogP contribution in [0.2, 0.25) is 5.02 Å². The zero-order chi connectivity index (χ0) is 15.1. The zero-order valence-electron chi connectivity index (χ0n) is 12.0. The Bertz CT molecular complexity index is 613. The largest absolute Gasteiger partial charge is 0.351 e. The first-order chi connectivity index (χ1) is 10.2. The smallest absolute Gasteiger partial charge is 0.234 e. The standard InChI is InChI=1S/C17H19ClN2O/c1-13-6-2-3-7-14(13)10-19-12-17(21)20-11-15-8-4-5-9-16(15)18/h2-9,19H,10-12H2,1H3,(H,20,21). The predicted molar refractivity (Wildman–Crippen MR) is 86.2 cm³/mol. The van der Waals surface area contributed by atoms with Crippen molar-refractivity contribution in [1.29, 1.82) is 0 Å². The zero-order valence-corrected chi connectivity index (χ0v) is 12.8. The van der Waals surface area contributed by atoms with Gasteiger partial charge in [0.2, 0.25) is 5.91 Å². The molecule has 3 nitrogen and oxygen atoms in total. The Labute approximate surface area is 130 Å². The summed E-state index contributed by atoms with van der Waals surface area (Å²) in [6, 6.07) is 15.6. The van der Waals surface area contributed by atoms with Gasteiger partial charge in [-0.15, -0.1) is 0 Å². The summed E-state index contributed by atoms with van der Waals surface area (Å²) in [7, 11) is 0. The van der Waals surface area contributed by atoms with Gasteiger partial charge in [0.1, 0.15) is 0 Å². The molecule has 0 aliphatic rings. The topological polar surface area (TPSA) is 41.1 Å². The van der Waals surface area contributed by atoms with Gasteiger partial charge >= 0.3 is 0 Å². The normalized spacial score (nSPS) is 10.4. The molecule has 21 heavy (non-hydrogen) atoms. The third-order valence-corrected chi connectivity index (χ3v) is 3.66. The van der Waals surface area contributed by atoms with Gasteiger partial charge in [0.25, 0.3) is 0 Å². The SMILES string of the molecule is Cc1ccccc1CNCC(=O)NCc1ccccc1Cl. The highest BCUT2D eigenvalue weighted by Crippen LogP contribution is 2.14. The highest BCUT2D eigenvalue weighted by molar-refractivity contribution is 6.31. The van der Waals surface area contributed by atoms with E-state index >= 15 is 0 Å². The van der Waals surface area contributed by atoms with Gasteiger partial charge in [-0.05, 0) is 29.7 Å². The molecule has 2 rings (SSSR count). The minimum Gasteiger partial charge on any atom is -0.351 e. The molecule has 0 aliphatic carbocycles. The molecule has 4 heteroatoms. The molecule has 2 N–H and O–H groups in total. The van der Waals surface area contributed by atoms with Gasteiger partial charge in [-0.1, -0.05) is 54.1 Å². The Balaban J connectivity index is 1.73. The molecule has 1 amide bonds. The van der Waals surface area contributed by atoms with E-state index in [4.69, 9.17) is 11.6 Å². The van der Waals surface area contributed by atoms with Crippen molar-refractivity contribution < 1.29 is 4.79 Å². The van der Waals surface area contributed by atoms with Gasteiger partial charge in [0, 0.05) is 18.1 Å². The van der Waals surface area contributed by atoms with Crippen LogP contribution in [0.5, 0.6) is 0 Å². The Morgan fingerprint density at radius 3 is 2.38 bits per heavy atom. The summed E-state index contributed by atoms with van der Waals surface area (Å²) in [5, 5.41) is 6.67. The molecule has 0 unspecified atom stereocenters. The number of aryl methyl sites for hydroxylation is 1. The van der Waals surface area contributed by atoms with Crippen LogP contribution < -0.4 is 10.6 Å². The molecule has 2 aromatic rings. The van der Waals surface area contributed by atoms with E-state index in [1.165, 1.54) is 11.1 Å². The van der Waals surface area contributed by atoms with Crippen LogP contribution in [0.25, 0.3) is 0 Å². The van der Waals surface area contributed by atoms with E-state index in [1.807, 2.05) is 36.4 Å². The van der Waals surface area contributed by atoms with Crippen LogP contribution in [0, 0.1) is 6.92 Å². The number of nitrogens with one attached hydrogen (secondary N) is 2. The van der Waals surface area contributed by atoms with Crippen molar-refractivity contribution in [2.75, 3.05) is 6.54 Å². The van der Waals surface area contributed by atoms with E-state index in [0.717, 1.165) is 5.56 Å². The molecule has 0 heterocycles. The van der Waals surface area contributed by atoms with Gasteiger partial charge in [0.15, 0.2) is 0 Å². The summed E-state index contributed by atoms with van der Waals surface area (Å²) >= 11 is 6.04. The third kappa shape index (κ3) is 4.88. The maximum Gasteiger partial charge on any atom is 0.234 e. The number of amides is 1. The number of rotatable bonds is 6. The highest BCUT2D eigenvalue weighted by atomic mass is 35.5. The molecule has 0 atom stereocenters. The van der Waals surface area contributed by atoms with Gasteiger partial charge in [-0.3, -0.25) is 4.79 Å². The average molecular weight is 303 g/mol. The Kier molecular flexibility index (Phi) is 5.78. The molecule has 0 aromatic heterocycles. The van der Waals surface area contributed by atoms with E-state index in [0.29, 0.717) is 24.7 Å². The van der Waals surface area contributed by atoms with Gasteiger partial charge in [-0.25, -0.2) is 0 Å². The van der Waals surface area contributed by atoms with Crippen LogP contribution >= 0.6 is 11.6 Å². The summed E-state index contributed by atoms with van der Waals surface area (Å²) in [4.78, 5) is 11.8. The molecular formula is C17H19ClN2O. The molecule has 0 radical (unpaired) electrons. The van der Waals surface area contributed by atoms with Gasteiger partial charge in [-0.2, -0.15) is 0 Å². The van der Waals surface area contributed by atoms with Crippen molar-refractivity contribution in [3.05, 3.63) is 70.2 Å². The number of carbonyl (C=O) groups excluding carboxylic acids is 1. The first-order valence-corrected chi connectivity index (χ1v) is 7.30. The number of halogens is 1. The molecule has 110 valence electrons. The fraction of sp³-hybridized carbons (Fsp3) is 0.235. The van der Waals surface area contributed by atoms with E-state index < -0.39 is 0 Å². The van der Waals surface area contributed by atoms with Crippen LogP contribution in [0.1, 0.15) is 16.7 Å². The van der Waals surface area contributed by atoms with Gasteiger partial charge in [0.05, 0.1) is 6.54 Å². The monoisotopic (exact) mass is 302 g/mol. The van der Waals surface area contributed by atoms with Crippen molar-refractivity contribution >= 4 is 17.5 Å². The van der Waals surface area contributed by atoms with Crippen LogP contribution in [0.15, 0.2) is 48.5 Å². The lowest BCUT2D eigenvalue weighted by Crippen LogP contribution is -2.33. The lowest BCUT2D eigenvalue weighted by Gasteiger charge is -2.09. The fourth-order valence-corrected chi connectivity index (χ4v) is 2.22. The van der Waals surface area contributed by atoms with Crippen molar-refractivity contribution in [3.8, 4) is 0 Å². The second-order valence-corrected chi connectivity index (χ2v) is 5.31. The van der Waals surface area contributed by atoms with Crippen LogP contribution in [0.4, 0.5) is 0 Å².